The summed E-state index contributed by atoms with van der Waals surface area (Å²) in [7, 11) is 0. The first kappa shape index (κ1) is 30.2. The summed E-state index contributed by atoms with van der Waals surface area (Å²) < 4.78 is 0. The van der Waals surface area contributed by atoms with Gasteiger partial charge in [0.25, 0.3) is 0 Å². The molecule has 0 bridgehead atoms. The van der Waals surface area contributed by atoms with E-state index in [4.69, 9.17) is 0 Å². The molecule has 0 saturated carbocycles. The maximum atomic E-state index is 2.50. The van der Waals surface area contributed by atoms with E-state index in [1.54, 1.807) is 0 Å². The summed E-state index contributed by atoms with van der Waals surface area (Å²) in [6, 6.07) is 67.9. The molecule has 0 unspecified atom stereocenters. The van der Waals surface area contributed by atoms with E-state index in [-0.39, 0.29) is 5.41 Å². The Balaban J connectivity index is 1.16. The van der Waals surface area contributed by atoms with Crippen LogP contribution in [0.1, 0.15) is 25.0 Å². The second-order valence-electron chi connectivity index (χ2n) is 15.2. The number of benzene rings is 10. The largest absolute Gasteiger partial charge is 0.0622 e. The lowest BCUT2D eigenvalue weighted by Crippen LogP contribution is -2.15. The van der Waals surface area contributed by atoms with Gasteiger partial charge in [0.05, 0.1) is 0 Å². The average Bonchev–Trinajstić information content (AvgIpc) is 3.45. The zero-order valence-corrected chi connectivity index (χ0v) is 29.8. The summed E-state index contributed by atoms with van der Waals surface area (Å²) in [6.07, 6.45) is 0. The molecule has 11 rings (SSSR count). The van der Waals surface area contributed by atoms with Crippen LogP contribution >= 0.6 is 0 Å². The standard InChI is InChI=1S/C53H36/c1-53(2)48-20-12-11-19-45(48)52-42-18-10-9-17-40(42)47(32-49(52)53)41-28-25-37(31-46(41)34-15-7-4-8-16-34)39-27-22-36-23-29-43-38(33-13-5-3-6-14-33)26-21-35-24-30-44(39)51(36)50(35)43/h3-32H,1-2H3. The van der Waals surface area contributed by atoms with Crippen LogP contribution in [0.5, 0.6) is 0 Å². The van der Waals surface area contributed by atoms with Crippen molar-refractivity contribution in [2.24, 2.45) is 0 Å². The summed E-state index contributed by atoms with van der Waals surface area (Å²) >= 11 is 0. The van der Waals surface area contributed by atoms with Gasteiger partial charge in [-0.15, -0.1) is 0 Å². The van der Waals surface area contributed by atoms with Crippen molar-refractivity contribution in [3.63, 3.8) is 0 Å². The average molecular weight is 673 g/mol. The molecule has 53 heavy (non-hydrogen) atoms. The Bertz CT molecular complexity index is 3060. The first-order chi connectivity index (χ1) is 26.1. The third kappa shape index (κ3) is 4.36. The molecule has 10 aromatic carbocycles. The highest BCUT2D eigenvalue weighted by Crippen LogP contribution is 2.54. The minimum atomic E-state index is -0.0976. The van der Waals surface area contributed by atoms with Crippen molar-refractivity contribution in [1.82, 2.24) is 0 Å². The van der Waals surface area contributed by atoms with Gasteiger partial charge in [-0.3, -0.25) is 0 Å². The fourth-order valence-electron chi connectivity index (χ4n) is 9.50. The lowest BCUT2D eigenvalue weighted by Gasteiger charge is -2.24. The first-order valence-corrected chi connectivity index (χ1v) is 18.7. The molecule has 0 fully saturated rings. The molecular formula is C53H36. The Morgan fingerprint density at radius 2 is 0.830 bits per heavy atom. The first-order valence-electron chi connectivity index (χ1n) is 18.7. The quantitative estimate of drug-likeness (QED) is 0.163. The fourth-order valence-corrected chi connectivity index (χ4v) is 9.50. The number of hydrogen-bond acceptors (Lipinski definition) is 0. The number of rotatable bonds is 4. The van der Waals surface area contributed by atoms with Gasteiger partial charge in [0, 0.05) is 5.41 Å². The van der Waals surface area contributed by atoms with E-state index in [0.717, 1.165) is 0 Å². The maximum Gasteiger partial charge on any atom is 0.0159 e. The molecule has 0 nitrogen and oxygen atoms in total. The molecule has 0 heteroatoms. The molecule has 0 aromatic heterocycles. The van der Waals surface area contributed by atoms with Crippen LogP contribution in [0.15, 0.2) is 182 Å². The molecule has 0 saturated heterocycles. The summed E-state index contributed by atoms with van der Waals surface area (Å²) in [6.45, 7) is 4.77. The zero-order chi connectivity index (χ0) is 35.3. The van der Waals surface area contributed by atoms with Crippen LogP contribution in [-0.4, -0.2) is 0 Å². The minimum Gasteiger partial charge on any atom is -0.0622 e. The second kappa shape index (κ2) is 11.2. The van der Waals surface area contributed by atoms with Gasteiger partial charge in [0.15, 0.2) is 0 Å². The highest BCUT2D eigenvalue weighted by molar-refractivity contribution is 6.27. The Kier molecular flexibility index (Phi) is 6.40. The summed E-state index contributed by atoms with van der Waals surface area (Å²) in [5.74, 6) is 0. The van der Waals surface area contributed by atoms with E-state index in [1.807, 2.05) is 0 Å². The van der Waals surface area contributed by atoms with Crippen LogP contribution in [-0.2, 0) is 5.41 Å². The van der Waals surface area contributed by atoms with Gasteiger partial charge in [-0.05, 0) is 122 Å². The predicted molar refractivity (Wildman–Crippen MR) is 227 cm³/mol. The Morgan fingerprint density at radius 1 is 0.302 bits per heavy atom. The molecule has 0 amide bonds. The third-order valence-electron chi connectivity index (χ3n) is 12.0. The van der Waals surface area contributed by atoms with Crippen LogP contribution in [0.3, 0.4) is 0 Å². The molecule has 0 radical (unpaired) electrons. The van der Waals surface area contributed by atoms with Gasteiger partial charge < -0.3 is 0 Å². The van der Waals surface area contributed by atoms with Crippen LogP contribution in [0, 0.1) is 0 Å². The lowest BCUT2D eigenvalue weighted by atomic mass is 9.79. The van der Waals surface area contributed by atoms with Crippen molar-refractivity contribution >= 4 is 43.1 Å². The van der Waals surface area contributed by atoms with Crippen molar-refractivity contribution in [2.75, 3.05) is 0 Å². The zero-order valence-electron chi connectivity index (χ0n) is 29.8. The molecule has 1 aliphatic carbocycles. The molecule has 0 aliphatic heterocycles. The van der Waals surface area contributed by atoms with Gasteiger partial charge in [0.1, 0.15) is 0 Å². The van der Waals surface area contributed by atoms with Crippen molar-refractivity contribution in [2.45, 2.75) is 19.3 Å². The van der Waals surface area contributed by atoms with Gasteiger partial charge in [-0.2, -0.15) is 0 Å². The van der Waals surface area contributed by atoms with Gasteiger partial charge in [-0.1, -0.05) is 184 Å². The van der Waals surface area contributed by atoms with Crippen LogP contribution in [0.4, 0.5) is 0 Å². The molecule has 0 heterocycles. The van der Waals surface area contributed by atoms with Crippen molar-refractivity contribution in [3.05, 3.63) is 193 Å². The lowest BCUT2D eigenvalue weighted by molar-refractivity contribution is 0.661. The molecule has 0 N–H and O–H groups in total. The van der Waals surface area contributed by atoms with Crippen LogP contribution in [0.2, 0.25) is 0 Å². The predicted octanol–water partition coefficient (Wildman–Crippen LogP) is 14.7. The molecule has 0 spiro atoms. The van der Waals surface area contributed by atoms with Crippen LogP contribution in [0.25, 0.3) is 98.7 Å². The van der Waals surface area contributed by atoms with Gasteiger partial charge in [-0.25, -0.2) is 0 Å². The summed E-state index contributed by atoms with van der Waals surface area (Å²) in [5.41, 5.74) is 15.5. The van der Waals surface area contributed by atoms with Crippen molar-refractivity contribution in [3.8, 4) is 55.6 Å². The van der Waals surface area contributed by atoms with E-state index in [1.165, 1.54) is 110 Å². The molecular weight excluding hydrogens is 637 g/mol. The maximum absolute atomic E-state index is 2.50. The number of hydrogen-bond donors (Lipinski definition) is 0. The molecule has 248 valence electrons. The van der Waals surface area contributed by atoms with E-state index < -0.39 is 0 Å². The van der Waals surface area contributed by atoms with E-state index in [2.05, 4.69) is 196 Å². The molecule has 1 aliphatic rings. The van der Waals surface area contributed by atoms with Gasteiger partial charge >= 0.3 is 0 Å². The molecule has 0 atom stereocenters. The van der Waals surface area contributed by atoms with Gasteiger partial charge in [0.2, 0.25) is 0 Å². The fraction of sp³-hybridized carbons (Fsp3) is 0.0566. The third-order valence-corrected chi connectivity index (χ3v) is 12.0. The van der Waals surface area contributed by atoms with E-state index >= 15 is 0 Å². The monoisotopic (exact) mass is 672 g/mol. The van der Waals surface area contributed by atoms with Crippen LogP contribution < -0.4 is 0 Å². The Morgan fingerprint density at radius 3 is 1.51 bits per heavy atom. The van der Waals surface area contributed by atoms with Crippen molar-refractivity contribution < 1.29 is 0 Å². The molecule has 10 aromatic rings. The highest BCUT2D eigenvalue weighted by Gasteiger charge is 2.37. The van der Waals surface area contributed by atoms with Crippen molar-refractivity contribution in [1.29, 1.82) is 0 Å². The van der Waals surface area contributed by atoms with E-state index in [9.17, 15) is 0 Å². The van der Waals surface area contributed by atoms with E-state index in [0.29, 0.717) is 0 Å². The normalized spacial score (nSPS) is 13.2. The summed E-state index contributed by atoms with van der Waals surface area (Å²) in [5, 5.41) is 10.5. The Labute approximate surface area is 310 Å². The number of fused-ring (bicyclic) bond motifs is 5. The topological polar surface area (TPSA) is 0 Å². The second-order valence-corrected chi connectivity index (χ2v) is 15.2. The minimum absolute atomic E-state index is 0.0976. The highest BCUT2D eigenvalue weighted by atomic mass is 14.4. The summed E-state index contributed by atoms with van der Waals surface area (Å²) in [4.78, 5) is 0. The smallest absolute Gasteiger partial charge is 0.0159 e. The SMILES string of the molecule is CC1(C)c2ccccc2-c2c1cc(-c1ccc(-c3ccc4ccc5c(-c6ccccc6)ccc6ccc3c4c65)cc1-c1ccccc1)c1ccccc21. The Hall–Kier alpha value is -6.50.